The van der Waals surface area contributed by atoms with Crippen LogP contribution in [-0.2, 0) is 0 Å². The van der Waals surface area contributed by atoms with Gasteiger partial charge in [0.05, 0.1) is 4.47 Å². The molecule has 0 radical (unpaired) electrons. The number of hydrogen-bond donors (Lipinski definition) is 1. The standard InChI is InChI=1S/C16H16BrN3O/c1-2-6-13(12-7-4-3-5-8-12)9-20-16(21)15-18-10-14(17)11-19-15/h2-5,7-8,10-11,13H,1,6,9H2,(H,20,21). The number of nitrogens with zero attached hydrogens (tertiary/aromatic N) is 2. The van der Waals surface area contributed by atoms with Crippen molar-refractivity contribution in [3.8, 4) is 0 Å². The molecule has 108 valence electrons. The monoisotopic (exact) mass is 345 g/mol. The summed E-state index contributed by atoms with van der Waals surface area (Å²) >= 11 is 3.24. The lowest BCUT2D eigenvalue weighted by Gasteiger charge is -2.16. The van der Waals surface area contributed by atoms with E-state index in [1.807, 2.05) is 24.3 Å². The van der Waals surface area contributed by atoms with E-state index in [0.717, 1.165) is 10.9 Å². The quantitative estimate of drug-likeness (QED) is 0.817. The number of carbonyl (C=O) groups is 1. The zero-order valence-electron chi connectivity index (χ0n) is 11.5. The van der Waals surface area contributed by atoms with E-state index in [0.29, 0.717) is 6.54 Å². The predicted molar refractivity (Wildman–Crippen MR) is 86.1 cm³/mol. The van der Waals surface area contributed by atoms with Gasteiger partial charge in [0.2, 0.25) is 5.82 Å². The van der Waals surface area contributed by atoms with Crippen LogP contribution in [0.2, 0.25) is 0 Å². The highest BCUT2D eigenvalue weighted by molar-refractivity contribution is 9.10. The first kappa shape index (κ1) is 15.4. The summed E-state index contributed by atoms with van der Waals surface area (Å²) in [6.07, 6.45) is 5.77. The van der Waals surface area contributed by atoms with Crippen molar-refractivity contribution in [1.29, 1.82) is 0 Å². The maximum atomic E-state index is 12.0. The summed E-state index contributed by atoms with van der Waals surface area (Å²) in [7, 11) is 0. The molecule has 0 saturated heterocycles. The third-order valence-electron chi connectivity index (χ3n) is 3.05. The van der Waals surface area contributed by atoms with Crippen LogP contribution in [0.3, 0.4) is 0 Å². The molecule has 21 heavy (non-hydrogen) atoms. The van der Waals surface area contributed by atoms with Gasteiger partial charge in [-0.15, -0.1) is 6.58 Å². The Bertz CT molecular complexity index is 599. The number of nitrogens with one attached hydrogen (secondary N) is 1. The molecule has 2 aromatic rings. The third-order valence-corrected chi connectivity index (χ3v) is 3.46. The van der Waals surface area contributed by atoms with E-state index >= 15 is 0 Å². The van der Waals surface area contributed by atoms with E-state index in [-0.39, 0.29) is 17.6 Å². The molecular formula is C16H16BrN3O. The molecule has 1 atom stereocenters. The minimum Gasteiger partial charge on any atom is -0.349 e. The first-order valence-corrected chi connectivity index (χ1v) is 7.41. The summed E-state index contributed by atoms with van der Waals surface area (Å²) in [5, 5.41) is 2.87. The van der Waals surface area contributed by atoms with Gasteiger partial charge in [-0.3, -0.25) is 4.79 Å². The highest BCUT2D eigenvalue weighted by Gasteiger charge is 2.13. The van der Waals surface area contributed by atoms with E-state index in [9.17, 15) is 4.79 Å². The van der Waals surface area contributed by atoms with Gasteiger partial charge in [-0.2, -0.15) is 0 Å². The molecule has 1 heterocycles. The molecule has 0 saturated carbocycles. The number of hydrogen-bond acceptors (Lipinski definition) is 3. The Hall–Kier alpha value is -2.01. The fourth-order valence-corrected chi connectivity index (χ4v) is 2.19. The normalized spacial score (nSPS) is 11.7. The summed E-state index contributed by atoms with van der Waals surface area (Å²) in [5.74, 6) is 0.0965. The highest BCUT2D eigenvalue weighted by atomic mass is 79.9. The minimum atomic E-state index is -0.271. The predicted octanol–water partition coefficient (Wildman–Crippen LogP) is 3.33. The molecule has 5 heteroatoms. The Labute approximate surface area is 132 Å². The number of halogens is 1. The van der Waals surface area contributed by atoms with Crippen LogP contribution < -0.4 is 5.32 Å². The average Bonchev–Trinajstić information content (AvgIpc) is 2.52. The summed E-state index contributed by atoms with van der Waals surface area (Å²) in [4.78, 5) is 20.0. The van der Waals surface area contributed by atoms with Gasteiger partial charge in [-0.1, -0.05) is 36.4 Å². The molecule has 1 unspecified atom stereocenters. The van der Waals surface area contributed by atoms with Crippen LogP contribution in [-0.4, -0.2) is 22.4 Å². The van der Waals surface area contributed by atoms with Gasteiger partial charge in [0.1, 0.15) is 0 Å². The van der Waals surface area contributed by atoms with Crippen LogP contribution in [0, 0.1) is 0 Å². The van der Waals surface area contributed by atoms with Crippen molar-refractivity contribution in [3.05, 3.63) is 71.2 Å². The lowest BCUT2D eigenvalue weighted by Crippen LogP contribution is -2.29. The smallest absolute Gasteiger partial charge is 0.289 e. The second-order valence-corrected chi connectivity index (χ2v) is 5.48. The van der Waals surface area contributed by atoms with Crippen LogP contribution in [0.1, 0.15) is 28.5 Å². The number of amides is 1. The molecule has 0 fully saturated rings. The van der Waals surface area contributed by atoms with Crippen molar-refractivity contribution in [2.75, 3.05) is 6.54 Å². The van der Waals surface area contributed by atoms with Crippen molar-refractivity contribution >= 4 is 21.8 Å². The topological polar surface area (TPSA) is 54.9 Å². The Balaban J connectivity index is 2.00. The third kappa shape index (κ3) is 4.49. The largest absolute Gasteiger partial charge is 0.349 e. The Kier molecular flexibility index (Phi) is 5.63. The van der Waals surface area contributed by atoms with Gasteiger partial charge >= 0.3 is 0 Å². The van der Waals surface area contributed by atoms with Crippen molar-refractivity contribution < 1.29 is 4.79 Å². The Morgan fingerprint density at radius 1 is 1.29 bits per heavy atom. The molecule has 4 nitrogen and oxygen atoms in total. The van der Waals surface area contributed by atoms with Crippen molar-refractivity contribution in [1.82, 2.24) is 15.3 Å². The van der Waals surface area contributed by atoms with Gasteiger partial charge in [-0.25, -0.2) is 9.97 Å². The van der Waals surface area contributed by atoms with Gasteiger partial charge in [0.15, 0.2) is 0 Å². The molecule has 2 rings (SSSR count). The van der Waals surface area contributed by atoms with Crippen LogP contribution in [0.15, 0.2) is 59.9 Å². The maximum Gasteiger partial charge on any atom is 0.289 e. The zero-order valence-corrected chi connectivity index (χ0v) is 13.1. The second kappa shape index (κ2) is 7.69. The number of rotatable bonds is 6. The number of carbonyl (C=O) groups excluding carboxylic acids is 1. The van der Waals surface area contributed by atoms with E-state index in [1.54, 1.807) is 12.4 Å². The number of benzene rings is 1. The summed E-state index contributed by atoms with van der Waals surface area (Å²) < 4.78 is 0.743. The molecule has 1 N–H and O–H groups in total. The molecular weight excluding hydrogens is 330 g/mol. The minimum absolute atomic E-state index is 0.170. The first-order valence-electron chi connectivity index (χ1n) is 6.62. The molecule has 0 aliphatic carbocycles. The van der Waals surface area contributed by atoms with Gasteiger partial charge in [-0.05, 0) is 27.9 Å². The maximum absolute atomic E-state index is 12.0. The van der Waals surface area contributed by atoms with Crippen LogP contribution in [0.4, 0.5) is 0 Å². The fraction of sp³-hybridized carbons (Fsp3) is 0.188. The van der Waals surface area contributed by atoms with Crippen molar-refractivity contribution in [3.63, 3.8) is 0 Å². The van der Waals surface area contributed by atoms with Gasteiger partial charge in [0.25, 0.3) is 5.91 Å². The Morgan fingerprint density at radius 2 is 1.95 bits per heavy atom. The SMILES string of the molecule is C=CCC(CNC(=O)c1ncc(Br)cn1)c1ccccc1. The zero-order chi connectivity index (χ0) is 15.1. The summed E-state index contributed by atoms with van der Waals surface area (Å²) in [6, 6.07) is 10.1. The second-order valence-electron chi connectivity index (χ2n) is 4.57. The van der Waals surface area contributed by atoms with Gasteiger partial charge < -0.3 is 5.32 Å². The fourth-order valence-electron chi connectivity index (χ4n) is 1.99. The number of aromatic nitrogens is 2. The van der Waals surface area contributed by atoms with Gasteiger partial charge in [0, 0.05) is 24.9 Å². The molecule has 0 spiro atoms. The van der Waals surface area contributed by atoms with Crippen LogP contribution in [0.5, 0.6) is 0 Å². The molecule has 1 amide bonds. The summed E-state index contributed by atoms with van der Waals surface area (Å²) in [6.45, 7) is 4.30. The molecule has 0 aliphatic heterocycles. The summed E-state index contributed by atoms with van der Waals surface area (Å²) in [5.41, 5.74) is 1.18. The van der Waals surface area contributed by atoms with Crippen molar-refractivity contribution in [2.45, 2.75) is 12.3 Å². The van der Waals surface area contributed by atoms with E-state index < -0.39 is 0 Å². The van der Waals surface area contributed by atoms with Crippen molar-refractivity contribution in [2.24, 2.45) is 0 Å². The van der Waals surface area contributed by atoms with E-state index in [1.165, 1.54) is 5.56 Å². The van der Waals surface area contributed by atoms with E-state index in [2.05, 4.69) is 49.9 Å². The van der Waals surface area contributed by atoms with Crippen LogP contribution in [0.25, 0.3) is 0 Å². The molecule has 1 aromatic heterocycles. The highest BCUT2D eigenvalue weighted by Crippen LogP contribution is 2.19. The lowest BCUT2D eigenvalue weighted by atomic mass is 9.96. The molecule has 0 bridgehead atoms. The van der Waals surface area contributed by atoms with E-state index in [4.69, 9.17) is 0 Å². The average molecular weight is 346 g/mol. The lowest BCUT2D eigenvalue weighted by molar-refractivity contribution is 0.0940. The number of allylic oxidation sites excluding steroid dienone is 1. The van der Waals surface area contributed by atoms with Crippen LogP contribution >= 0.6 is 15.9 Å². The first-order chi connectivity index (χ1) is 10.2. The molecule has 1 aromatic carbocycles. The molecule has 0 aliphatic rings. The Morgan fingerprint density at radius 3 is 2.57 bits per heavy atom.